The Bertz CT molecular complexity index is 1510. The van der Waals surface area contributed by atoms with E-state index in [9.17, 15) is 15.0 Å². The summed E-state index contributed by atoms with van der Waals surface area (Å²) in [6.07, 6.45) is -0.938. The number of benzene rings is 4. The first-order chi connectivity index (χ1) is 21.3. The van der Waals surface area contributed by atoms with Gasteiger partial charge in [-0.05, 0) is 59.5 Å². The highest BCUT2D eigenvalue weighted by Gasteiger charge is 2.34. The van der Waals surface area contributed by atoms with E-state index < -0.39 is 12.4 Å². The molecular weight excluding hydrogens is 552 g/mol. The number of ether oxygens (including phenoxy) is 2. The Morgan fingerprint density at radius 2 is 1.59 bits per heavy atom. The van der Waals surface area contributed by atoms with Crippen LogP contribution in [0.5, 0.6) is 0 Å². The van der Waals surface area contributed by atoms with Crippen LogP contribution < -0.4 is 5.32 Å². The summed E-state index contributed by atoms with van der Waals surface area (Å²) in [6, 6.07) is 33.8. The average Bonchev–Trinajstić information content (AvgIpc) is 3.07. The molecule has 5 rings (SSSR count). The second-order valence-corrected chi connectivity index (χ2v) is 11.6. The lowest BCUT2D eigenvalue weighted by Gasteiger charge is -2.39. The maximum Gasteiger partial charge on any atom is 0.217 e. The van der Waals surface area contributed by atoms with Gasteiger partial charge in [0.2, 0.25) is 5.91 Å². The van der Waals surface area contributed by atoms with Crippen LogP contribution in [-0.2, 0) is 27.4 Å². The molecule has 0 spiro atoms. The predicted octanol–water partition coefficient (Wildman–Crippen LogP) is 6.08. The van der Waals surface area contributed by atoms with Crippen LogP contribution in [-0.4, -0.2) is 46.8 Å². The molecule has 1 fully saturated rings. The van der Waals surface area contributed by atoms with E-state index in [4.69, 9.17) is 9.47 Å². The third-order valence-electron chi connectivity index (χ3n) is 8.36. The lowest BCUT2D eigenvalue weighted by Crippen LogP contribution is -2.43. The second-order valence-electron chi connectivity index (χ2n) is 11.6. The highest BCUT2D eigenvalue weighted by molar-refractivity contribution is 5.73. The molecule has 0 aromatic heterocycles. The SMILES string of the molecule is CC(=O)NCc1cccc(-c2cccc([C@H]3O[C@@H](CN(C)[C@@H](C)[C@H](O)c4ccccc4)C[C@@H](c4ccc(CO)cc4)O3)c2)c1. The summed E-state index contributed by atoms with van der Waals surface area (Å²) in [7, 11) is 2.02. The van der Waals surface area contributed by atoms with Crippen LogP contribution >= 0.6 is 0 Å². The Morgan fingerprint density at radius 3 is 2.30 bits per heavy atom. The van der Waals surface area contributed by atoms with Crippen LogP contribution in [0.2, 0.25) is 0 Å². The molecule has 7 nitrogen and oxygen atoms in total. The Labute approximate surface area is 260 Å². The van der Waals surface area contributed by atoms with E-state index in [-0.39, 0.29) is 30.8 Å². The molecule has 0 bridgehead atoms. The van der Waals surface area contributed by atoms with Crippen LogP contribution in [0.15, 0.2) is 103 Å². The zero-order valence-corrected chi connectivity index (χ0v) is 25.6. The first-order valence-electron chi connectivity index (χ1n) is 15.2. The maximum atomic E-state index is 11.4. The summed E-state index contributed by atoms with van der Waals surface area (Å²) in [5.41, 5.74) is 6.78. The number of nitrogens with one attached hydrogen (secondary N) is 1. The van der Waals surface area contributed by atoms with Crippen molar-refractivity contribution in [1.82, 2.24) is 10.2 Å². The Morgan fingerprint density at radius 1 is 0.886 bits per heavy atom. The van der Waals surface area contributed by atoms with Crippen LogP contribution in [0.25, 0.3) is 11.1 Å². The van der Waals surface area contributed by atoms with Crippen molar-refractivity contribution in [3.63, 3.8) is 0 Å². The zero-order valence-electron chi connectivity index (χ0n) is 25.6. The Hall–Kier alpha value is -3.85. The van der Waals surface area contributed by atoms with Gasteiger partial charge in [-0.3, -0.25) is 9.69 Å². The number of likely N-dealkylation sites (N-methyl/N-ethyl adjacent to an activating group) is 1. The third kappa shape index (κ3) is 8.00. The second kappa shape index (κ2) is 14.8. The van der Waals surface area contributed by atoms with Gasteiger partial charge < -0.3 is 25.0 Å². The van der Waals surface area contributed by atoms with Gasteiger partial charge in [-0.25, -0.2) is 0 Å². The molecule has 5 atom stereocenters. The standard InChI is InChI=1S/C37H42N2O5/c1-25(36(42)30-10-5-4-6-11-30)39(3)23-34-21-35(29-17-15-27(24-40)16-18-29)44-37(43-34)33-14-8-13-32(20-33)31-12-7-9-28(19-31)22-38-26(2)41/h4-20,25,34-37,40,42H,21-24H2,1-3H3,(H,38,41)/t25-,34+,35-,36-,37-/m0/s1. The van der Waals surface area contributed by atoms with Crippen LogP contribution in [0.3, 0.4) is 0 Å². The zero-order chi connectivity index (χ0) is 31.1. The number of rotatable bonds is 11. The summed E-state index contributed by atoms with van der Waals surface area (Å²) in [5, 5.41) is 23.5. The average molecular weight is 595 g/mol. The number of nitrogens with zero attached hydrogens (tertiary/aromatic N) is 1. The molecule has 44 heavy (non-hydrogen) atoms. The smallest absolute Gasteiger partial charge is 0.217 e. The number of hydrogen-bond acceptors (Lipinski definition) is 6. The number of amides is 1. The molecule has 0 saturated carbocycles. The van der Waals surface area contributed by atoms with Crippen molar-refractivity contribution in [3.05, 3.63) is 131 Å². The summed E-state index contributed by atoms with van der Waals surface area (Å²) in [6.45, 7) is 4.62. The third-order valence-corrected chi connectivity index (χ3v) is 8.36. The molecular formula is C37H42N2O5. The molecule has 0 unspecified atom stereocenters. The van der Waals surface area contributed by atoms with Gasteiger partial charge in [0.1, 0.15) is 0 Å². The van der Waals surface area contributed by atoms with E-state index in [0.717, 1.165) is 38.9 Å². The predicted molar refractivity (Wildman–Crippen MR) is 171 cm³/mol. The molecule has 4 aromatic rings. The molecule has 1 aliphatic heterocycles. The lowest BCUT2D eigenvalue weighted by atomic mass is 9.97. The summed E-state index contributed by atoms with van der Waals surface area (Å²) in [4.78, 5) is 13.6. The van der Waals surface area contributed by atoms with Gasteiger partial charge in [-0.15, -0.1) is 0 Å². The minimum Gasteiger partial charge on any atom is -0.392 e. The molecule has 1 heterocycles. The van der Waals surface area contributed by atoms with E-state index in [1.807, 2.05) is 92.8 Å². The van der Waals surface area contributed by atoms with E-state index in [0.29, 0.717) is 19.5 Å². The van der Waals surface area contributed by atoms with Crippen molar-refractivity contribution in [2.45, 2.75) is 64.1 Å². The number of carbonyl (C=O) groups is 1. The van der Waals surface area contributed by atoms with E-state index in [1.54, 1.807) is 0 Å². The minimum atomic E-state index is -0.628. The van der Waals surface area contributed by atoms with Gasteiger partial charge >= 0.3 is 0 Å². The fraction of sp³-hybridized carbons (Fsp3) is 0.324. The fourth-order valence-corrected chi connectivity index (χ4v) is 5.64. The van der Waals surface area contributed by atoms with Crippen LogP contribution in [0, 0.1) is 0 Å². The molecule has 0 aliphatic carbocycles. The first-order valence-corrected chi connectivity index (χ1v) is 15.2. The van der Waals surface area contributed by atoms with Gasteiger partial charge in [0.15, 0.2) is 6.29 Å². The van der Waals surface area contributed by atoms with Crippen molar-refractivity contribution >= 4 is 5.91 Å². The molecule has 3 N–H and O–H groups in total. The van der Waals surface area contributed by atoms with Gasteiger partial charge in [0.05, 0.1) is 24.9 Å². The van der Waals surface area contributed by atoms with E-state index in [2.05, 4.69) is 34.5 Å². The van der Waals surface area contributed by atoms with Crippen LogP contribution in [0.1, 0.15) is 66.6 Å². The molecule has 1 amide bonds. The molecule has 1 aliphatic rings. The fourth-order valence-electron chi connectivity index (χ4n) is 5.64. The summed E-state index contributed by atoms with van der Waals surface area (Å²) < 4.78 is 13.2. The molecule has 230 valence electrons. The highest BCUT2D eigenvalue weighted by Crippen LogP contribution is 2.39. The van der Waals surface area contributed by atoms with E-state index >= 15 is 0 Å². The largest absolute Gasteiger partial charge is 0.392 e. The Balaban J connectivity index is 1.38. The minimum absolute atomic E-state index is 0.00854. The monoisotopic (exact) mass is 594 g/mol. The highest BCUT2D eigenvalue weighted by atomic mass is 16.7. The van der Waals surface area contributed by atoms with Gasteiger partial charge in [-0.2, -0.15) is 0 Å². The number of hydrogen-bond donors (Lipinski definition) is 3. The molecule has 0 radical (unpaired) electrons. The van der Waals surface area contributed by atoms with Crippen LogP contribution in [0.4, 0.5) is 0 Å². The van der Waals surface area contributed by atoms with Crippen molar-refractivity contribution in [2.75, 3.05) is 13.6 Å². The van der Waals surface area contributed by atoms with Gasteiger partial charge in [0, 0.05) is 38.0 Å². The number of aliphatic hydroxyl groups is 2. The molecule has 1 saturated heterocycles. The topological polar surface area (TPSA) is 91.3 Å². The molecule has 7 heteroatoms. The number of carbonyl (C=O) groups excluding carboxylic acids is 1. The first kappa shape index (κ1) is 31.6. The normalized spacial score (nSPS) is 19.8. The quantitative estimate of drug-likeness (QED) is 0.195. The van der Waals surface area contributed by atoms with Crippen molar-refractivity contribution in [2.24, 2.45) is 0 Å². The van der Waals surface area contributed by atoms with E-state index in [1.165, 1.54) is 6.92 Å². The maximum absolute atomic E-state index is 11.4. The van der Waals surface area contributed by atoms with Crippen molar-refractivity contribution < 1.29 is 24.5 Å². The lowest BCUT2D eigenvalue weighted by molar-refractivity contribution is -0.253. The van der Waals surface area contributed by atoms with Crippen molar-refractivity contribution in [3.8, 4) is 11.1 Å². The Kier molecular flexibility index (Phi) is 10.6. The summed E-state index contributed by atoms with van der Waals surface area (Å²) in [5.74, 6) is -0.0614. The van der Waals surface area contributed by atoms with Crippen molar-refractivity contribution in [1.29, 1.82) is 0 Å². The molecule has 4 aromatic carbocycles. The van der Waals surface area contributed by atoms with Gasteiger partial charge in [-0.1, -0.05) is 91.0 Å². The summed E-state index contributed by atoms with van der Waals surface area (Å²) >= 11 is 0. The number of aliphatic hydroxyl groups excluding tert-OH is 2. The van der Waals surface area contributed by atoms with Gasteiger partial charge in [0.25, 0.3) is 0 Å².